The molecule has 1 atom stereocenters. The molecule has 0 aliphatic rings. The highest BCUT2D eigenvalue weighted by molar-refractivity contribution is 6.36. The molecule has 0 radical (unpaired) electrons. The van der Waals surface area contributed by atoms with E-state index in [0.29, 0.717) is 19.4 Å². The molecule has 0 saturated carbocycles. The molecule has 0 unspecified atom stereocenters. The molecule has 7 N–H and O–H groups in total. The van der Waals surface area contributed by atoms with Crippen LogP contribution >= 0.6 is 0 Å². The summed E-state index contributed by atoms with van der Waals surface area (Å²) >= 11 is 0. The van der Waals surface area contributed by atoms with Gasteiger partial charge in [0.25, 0.3) is 0 Å². The molecule has 8 nitrogen and oxygen atoms in total. The number of aliphatic carboxylic acids is 1. The van der Waals surface area contributed by atoms with Crippen LogP contribution in [0.25, 0.3) is 0 Å². The van der Waals surface area contributed by atoms with Gasteiger partial charge in [0, 0.05) is 6.54 Å². The second kappa shape index (κ2) is 7.34. The fourth-order valence-corrected chi connectivity index (χ4v) is 1.05. The van der Waals surface area contributed by atoms with E-state index in [1.807, 2.05) is 0 Å². The van der Waals surface area contributed by atoms with Crippen LogP contribution in [0.3, 0.4) is 0 Å². The van der Waals surface area contributed by atoms with Crippen molar-refractivity contribution < 1.29 is 19.5 Å². The number of guanidine groups is 1. The van der Waals surface area contributed by atoms with Crippen molar-refractivity contribution in [2.75, 3.05) is 6.54 Å². The van der Waals surface area contributed by atoms with Gasteiger partial charge in [-0.1, -0.05) is 0 Å². The van der Waals surface area contributed by atoms with Crippen LogP contribution in [0.4, 0.5) is 0 Å². The molecule has 0 amide bonds. The lowest BCUT2D eigenvalue weighted by Crippen LogP contribution is -2.33. The van der Waals surface area contributed by atoms with Crippen molar-refractivity contribution >= 4 is 23.5 Å². The van der Waals surface area contributed by atoms with Crippen molar-refractivity contribution in [2.24, 2.45) is 22.2 Å². The first-order valence-electron chi connectivity index (χ1n) is 4.94. The van der Waals surface area contributed by atoms with Crippen LogP contribution in [-0.2, 0) is 14.4 Å². The summed E-state index contributed by atoms with van der Waals surface area (Å²) < 4.78 is 0. The van der Waals surface area contributed by atoms with E-state index >= 15 is 0 Å². The van der Waals surface area contributed by atoms with Gasteiger partial charge in [0.15, 0.2) is 11.7 Å². The minimum atomic E-state index is -1.63. The van der Waals surface area contributed by atoms with Crippen molar-refractivity contribution in [3.8, 4) is 0 Å². The number of aliphatic imine (C=N–C) groups is 1. The highest BCUT2D eigenvalue weighted by Crippen LogP contribution is 2.00. The van der Waals surface area contributed by atoms with E-state index in [1.54, 1.807) is 0 Å². The van der Waals surface area contributed by atoms with Crippen molar-refractivity contribution in [3.63, 3.8) is 0 Å². The van der Waals surface area contributed by atoms with Gasteiger partial charge in [0.05, 0.1) is 12.5 Å². The number of ketones is 2. The average Bonchev–Trinajstić information content (AvgIpc) is 2.23. The molecule has 0 aromatic carbocycles. The number of nitrogens with zero attached hydrogens (tertiary/aromatic N) is 1. The normalized spacial score (nSPS) is 11.6. The Kier molecular flexibility index (Phi) is 6.49. The SMILES string of the molecule is NC(N)=NCCC[C@H](N)C(=O)CC(=O)C(=O)O. The summed E-state index contributed by atoms with van der Waals surface area (Å²) in [4.78, 5) is 35.9. The molecule has 0 aliphatic heterocycles. The Morgan fingerprint density at radius 3 is 2.29 bits per heavy atom. The van der Waals surface area contributed by atoms with Crippen LogP contribution < -0.4 is 17.2 Å². The largest absolute Gasteiger partial charge is 0.475 e. The molecule has 0 fully saturated rings. The lowest BCUT2D eigenvalue weighted by molar-refractivity contribution is -0.150. The van der Waals surface area contributed by atoms with Crippen molar-refractivity contribution in [3.05, 3.63) is 0 Å². The molecule has 0 bridgehead atoms. The van der Waals surface area contributed by atoms with Gasteiger partial charge in [-0.25, -0.2) is 4.79 Å². The summed E-state index contributed by atoms with van der Waals surface area (Å²) in [6.45, 7) is 0.330. The van der Waals surface area contributed by atoms with Gasteiger partial charge in [-0.15, -0.1) is 0 Å². The third-order valence-corrected chi connectivity index (χ3v) is 1.95. The summed E-state index contributed by atoms with van der Waals surface area (Å²) in [5, 5.41) is 8.30. The lowest BCUT2D eigenvalue weighted by atomic mass is 10.0. The number of carboxylic acids is 1. The number of carboxylic acid groups (broad SMARTS) is 1. The molecule has 96 valence electrons. The van der Waals surface area contributed by atoms with Gasteiger partial charge in [-0.05, 0) is 12.8 Å². The Labute approximate surface area is 97.9 Å². The predicted molar refractivity (Wildman–Crippen MR) is 60.2 cm³/mol. The minimum Gasteiger partial charge on any atom is -0.475 e. The van der Waals surface area contributed by atoms with Crippen molar-refractivity contribution in [1.29, 1.82) is 0 Å². The third-order valence-electron chi connectivity index (χ3n) is 1.95. The maximum Gasteiger partial charge on any atom is 0.372 e. The minimum absolute atomic E-state index is 0.0500. The Morgan fingerprint density at radius 2 is 1.82 bits per heavy atom. The van der Waals surface area contributed by atoms with Crippen LogP contribution in [0.5, 0.6) is 0 Å². The van der Waals surface area contributed by atoms with Crippen LogP contribution in [0, 0.1) is 0 Å². The quantitative estimate of drug-likeness (QED) is 0.126. The number of hydrogen-bond donors (Lipinski definition) is 4. The zero-order valence-corrected chi connectivity index (χ0v) is 9.26. The van der Waals surface area contributed by atoms with Crippen LogP contribution in [0.1, 0.15) is 19.3 Å². The van der Waals surface area contributed by atoms with Crippen molar-refractivity contribution in [1.82, 2.24) is 0 Å². The molecule has 0 heterocycles. The maximum atomic E-state index is 11.3. The average molecular weight is 244 g/mol. The fourth-order valence-electron chi connectivity index (χ4n) is 1.05. The Bertz CT molecular complexity index is 336. The van der Waals surface area contributed by atoms with Crippen LogP contribution in [0.15, 0.2) is 4.99 Å². The highest BCUT2D eigenvalue weighted by Gasteiger charge is 2.20. The molecule has 8 heteroatoms. The van der Waals surface area contributed by atoms with E-state index in [2.05, 4.69) is 4.99 Å². The Morgan fingerprint density at radius 1 is 1.24 bits per heavy atom. The Hall–Kier alpha value is -1.96. The number of carbonyl (C=O) groups excluding carboxylic acids is 2. The van der Waals surface area contributed by atoms with Crippen molar-refractivity contribution in [2.45, 2.75) is 25.3 Å². The van der Waals surface area contributed by atoms with Gasteiger partial charge in [0.1, 0.15) is 0 Å². The van der Waals surface area contributed by atoms with Crippen LogP contribution in [-0.4, -0.2) is 41.2 Å². The van der Waals surface area contributed by atoms with Crippen LogP contribution in [0.2, 0.25) is 0 Å². The number of hydrogen-bond acceptors (Lipinski definition) is 5. The number of nitrogens with two attached hydrogens (primary N) is 3. The molecule has 0 spiro atoms. The van der Waals surface area contributed by atoms with Gasteiger partial charge in [0.2, 0.25) is 5.78 Å². The summed E-state index contributed by atoms with van der Waals surface area (Å²) in [7, 11) is 0. The summed E-state index contributed by atoms with van der Waals surface area (Å²) in [5.74, 6) is -3.44. The molecule has 0 aromatic heterocycles. The fraction of sp³-hybridized carbons (Fsp3) is 0.556. The highest BCUT2D eigenvalue weighted by atomic mass is 16.4. The smallest absolute Gasteiger partial charge is 0.372 e. The number of carbonyl (C=O) groups is 3. The lowest BCUT2D eigenvalue weighted by Gasteiger charge is -2.07. The number of Topliss-reactive ketones (excluding diaryl/α,β-unsaturated/α-hetero) is 2. The molecular weight excluding hydrogens is 228 g/mol. The monoisotopic (exact) mass is 244 g/mol. The number of rotatable bonds is 8. The van der Waals surface area contributed by atoms with E-state index in [0.717, 1.165) is 0 Å². The third kappa shape index (κ3) is 7.01. The van der Waals surface area contributed by atoms with E-state index in [9.17, 15) is 14.4 Å². The van der Waals surface area contributed by atoms with Gasteiger partial charge in [-0.2, -0.15) is 0 Å². The zero-order chi connectivity index (χ0) is 13.4. The summed E-state index contributed by atoms with van der Waals surface area (Å²) in [5.41, 5.74) is 15.7. The first-order chi connectivity index (χ1) is 7.84. The second-order valence-corrected chi connectivity index (χ2v) is 3.43. The zero-order valence-electron chi connectivity index (χ0n) is 9.26. The molecule has 17 heavy (non-hydrogen) atoms. The predicted octanol–water partition coefficient (Wildman–Crippen LogP) is -2.02. The molecule has 0 rings (SSSR count). The first kappa shape index (κ1) is 15.0. The van der Waals surface area contributed by atoms with E-state index in [1.165, 1.54) is 0 Å². The molecule has 0 aliphatic carbocycles. The van der Waals surface area contributed by atoms with Gasteiger partial charge < -0.3 is 22.3 Å². The van der Waals surface area contributed by atoms with Gasteiger partial charge in [-0.3, -0.25) is 14.6 Å². The van der Waals surface area contributed by atoms with E-state index in [4.69, 9.17) is 22.3 Å². The molecule has 0 aromatic rings. The van der Waals surface area contributed by atoms with E-state index in [-0.39, 0.29) is 5.96 Å². The summed E-state index contributed by atoms with van der Waals surface area (Å²) in [6, 6.07) is -0.868. The Balaban J connectivity index is 3.94. The first-order valence-corrected chi connectivity index (χ1v) is 4.94. The standard InChI is InChI=1S/C9H16N4O4/c10-5(2-1-3-13-9(11)12)6(14)4-7(15)8(16)17/h5H,1-4,10H2,(H,16,17)(H4,11,12,13)/t5-/m0/s1. The summed E-state index contributed by atoms with van der Waals surface area (Å²) in [6.07, 6.45) is 0.0907. The van der Waals surface area contributed by atoms with E-state index < -0.39 is 30.0 Å². The molecule has 0 saturated heterocycles. The molecular formula is C9H16N4O4. The maximum absolute atomic E-state index is 11.3. The second-order valence-electron chi connectivity index (χ2n) is 3.43. The topological polar surface area (TPSA) is 162 Å². The van der Waals surface area contributed by atoms with Gasteiger partial charge >= 0.3 is 5.97 Å².